The smallest absolute Gasteiger partial charge is 0.137 e. The fourth-order valence-corrected chi connectivity index (χ4v) is 3.27. The predicted molar refractivity (Wildman–Crippen MR) is 67.1 cm³/mol. The molecular formula is C13H16FNOS. The molecule has 4 heteroatoms. The van der Waals surface area contributed by atoms with Crippen molar-refractivity contribution in [2.75, 3.05) is 26.3 Å². The third-order valence-electron chi connectivity index (χ3n) is 3.39. The van der Waals surface area contributed by atoms with E-state index in [1.54, 1.807) is 17.8 Å². The number of nitrogens with one attached hydrogen (secondary N) is 1. The van der Waals surface area contributed by atoms with Crippen LogP contribution in [-0.2, 0) is 4.74 Å². The second kappa shape index (κ2) is 4.96. The summed E-state index contributed by atoms with van der Waals surface area (Å²) < 4.78 is 19.0. The van der Waals surface area contributed by atoms with Crippen molar-refractivity contribution in [2.45, 2.75) is 22.5 Å². The summed E-state index contributed by atoms with van der Waals surface area (Å²) in [6.45, 7) is 3.52. The van der Waals surface area contributed by atoms with Gasteiger partial charge in [-0.15, -0.1) is 11.8 Å². The predicted octanol–water partition coefficient (Wildman–Crippen LogP) is 2.39. The number of halogens is 1. The van der Waals surface area contributed by atoms with Gasteiger partial charge in [0.1, 0.15) is 5.82 Å². The Hall–Kier alpha value is -0.580. The van der Waals surface area contributed by atoms with Crippen LogP contribution in [0.1, 0.15) is 17.9 Å². The molecule has 1 aromatic carbocycles. The van der Waals surface area contributed by atoms with Crippen molar-refractivity contribution in [3.8, 4) is 0 Å². The summed E-state index contributed by atoms with van der Waals surface area (Å²) in [5, 5.41) is 3.74. The average molecular weight is 253 g/mol. The van der Waals surface area contributed by atoms with Crippen LogP contribution in [0.3, 0.4) is 0 Å². The summed E-state index contributed by atoms with van der Waals surface area (Å²) in [5.74, 6) is 0.405. The number of rotatable bonds is 3. The molecule has 0 radical (unpaired) electrons. The lowest BCUT2D eigenvalue weighted by Gasteiger charge is -2.25. The first kappa shape index (κ1) is 11.5. The van der Waals surface area contributed by atoms with E-state index in [1.807, 2.05) is 6.07 Å². The van der Waals surface area contributed by atoms with Gasteiger partial charge in [0, 0.05) is 11.4 Å². The van der Waals surface area contributed by atoms with Crippen LogP contribution in [0.5, 0.6) is 0 Å². The standard InChI is InChI=1S/C13H16FNOS/c14-12-5-9(10-3-4-15-6-10)1-2-13(12)17-11-7-16-8-11/h1-2,5,10-11,15H,3-4,6-8H2. The SMILES string of the molecule is Fc1cc(C2CCNC2)ccc1SC1COC1. The van der Waals surface area contributed by atoms with Gasteiger partial charge in [0.05, 0.1) is 18.5 Å². The zero-order chi connectivity index (χ0) is 11.7. The first-order valence-electron chi connectivity index (χ1n) is 6.07. The summed E-state index contributed by atoms with van der Waals surface area (Å²) in [5.41, 5.74) is 1.13. The van der Waals surface area contributed by atoms with Crippen molar-refractivity contribution in [3.05, 3.63) is 29.6 Å². The Morgan fingerprint density at radius 1 is 1.35 bits per heavy atom. The average Bonchev–Trinajstić information content (AvgIpc) is 2.78. The van der Waals surface area contributed by atoms with E-state index in [-0.39, 0.29) is 5.82 Å². The summed E-state index contributed by atoms with van der Waals surface area (Å²) in [6, 6.07) is 5.70. The lowest BCUT2D eigenvalue weighted by Crippen LogP contribution is -2.30. The summed E-state index contributed by atoms with van der Waals surface area (Å²) in [6.07, 6.45) is 1.11. The molecule has 92 valence electrons. The maximum atomic E-state index is 13.9. The highest BCUT2D eigenvalue weighted by Gasteiger charge is 2.22. The van der Waals surface area contributed by atoms with Gasteiger partial charge in [-0.05, 0) is 36.6 Å². The number of ether oxygens (including phenoxy) is 1. The molecule has 1 atom stereocenters. The number of hydrogen-bond donors (Lipinski definition) is 1. The molecule has 0 spiro atoms. The van der Waals surface area contributed by atoms with Gasteiger partial charge in [0.2, 0.25) is 0 Å². The highest BCUT2D eigenvalue weighted by atomic mass is 32.2. The van der Waals surface area contributed by atoms with E-state index in [2.05, 4.69) is 11.4 Å². The van der Waals surface area contributed by atoms with Crippen LogP contribution in [-0.4, -0.2) is 31.6 Å². The minimum atomic E-state index is -0.0775. The minimum Gasteiger partial charge on any atom is -0.379 e. The molecule has 0 aromatic heterocycles. The maximum Gasteiger partial charge on any atom is 0.137 e. The first-order chi connectivity index (χ1) is 8.33. The van der Waals surface area contributed by atoms with Crippen LogP contribution >= 0.6 is 11.8 Å². The molecule has 2 aliphatic rings. The quantitative estimate of drug-likeness (QED) is 0.893. The zero-order valence-corrected chi connectivity index (χ0v) is 10.4. The van der Waals surface area contributed by atoms with Gasteiger partial charge in [-0.1, -0.05) is 6.07 Å². The molecule has 2 aliphatic heterocycles. The van der Waals surface area contributed by atoms with Crippen molar-refractivity contribution in [2.24, 2.45) is 0 Å². The lowest BCUT2D eigenvalue weighted by molar-refractivity contribution is 0.0455. The highest BCUT2D eigenvalue weighted by molar-refractivity contribution is 8.00. The topological polar surface area (TPSA) is 21.3 Å². The van der Waals surface area contributed by atoms with Crippen LogP contribution in [0.15, 0.2) is 23.1 Å². The van der Waals surface area contributed by atoms with Gasteiger partial charge in [0.25, 0.3) is 0 Å². The van der Waals surface area contributed by atoms with Crippen LogP contribution in [0.2, 0.25) is 0 Å². The number of thioether (sulfide) groups is 1. The molecule has 1 aromatic rings. The number of benzene rings is 1. The molecule has 3 rings (SSSR count). The Bertz CT molecular complexity index is 402. The minimum absolute atomic E-state index is 0.0775. The molecule has 0 saturated carbocycles. The Kier molecular flexibility index (Phi) is 3.36. The van der Waals surface area contributed by atoms with Gasteiger partial charge in [-0.2, -0.15) is 0 Å². The summed E-state index contributed by atoms with van der Waals surface area (Å²) in [7, 11) is 0. The van der Waals surface area contributed by atoms with E-state index < -0.39 is 0 Å². The van der Waals surface area contributed by atoms with E-state index in [0.717, 1.165) is 43.2 Å². The Labute approximate surface area is 105 Å². The maximum absolute atomic E-state index is 13.9. The van der Waals surface area contributed by atoms with Crippen molar-refractivity contribution < 1.29 is 9.13 Å². The van der Waals surface area contributed by atoms with Crippen molar-refractivity contribution >= 4 is 11.8 Å². The third-order valence-corrected chi connectivity index (χ3v) is 4.58. The van der Waals surface area contributed by atoms with E-state index >= 15 is 0 Å². The monoisotopic (exact) mass is 253 g/mol. The molecule has 1 N–H and O–H groups in total. The van der Waals surface area contributed by atoms with Gasteiger partial charge >= 0.3 is 0 Å². The molecule has 2 saturated heterocycles. The Morgan fingerprint density at radius 3 is 2.82 bits per heavy atom. The highest BCUT2D eigenvalue weighted by Crippen LogP contribution is 2.32. The Morgan fingerprint density at radius 2 is 2.24 bits per heavy atom. The zero-order valence-electron chi connectivity index (χ0n) is 9.62. The largest absolute Gasteiger partial charge is 0.379 e. The summed E-state index contributed by atoms with van der Waals surface area (Å²) in [4.78, 5) is 0.757. The van der Waals surface area contributed by atoms with E-state index in [1.165, 1.54) is 0 Å². The van der Waals surface area contributed by atoms with E-state index in [0.29, 0.717) is 11.2 Å². The second-order valence-corrected chi connectivity index (χ2v) is 6.00. The second-order valence-electron chi connectivity index (χ2n) is 4.66. The molecular weight excluding hydrogens is 237 g/mol. The Balaban J connectivity index is 1.73. The summed E-state index contributed by atoms with van der Waals surface area (Å²) >= 11 is 1.59. The fourth-order valence-electron chi connectivity index (χ4n) is 2.27. The molecule has 0 bridgehead atoms. The van der Waals surface area contributed by atoms with Gasteiger partial charge in [-0.3, -0.25) is 0 Å². The fraction of sp³-hybridized carbons (Fsp3) is 0.538. The molecule has 2 heterocycles. The van der Waals surface area contributed by atoms with E-state index in [4.69, 9.17) is 4.74 Å². The van der Waals surface area contributed by atoms with Crippen molar-refractivity contribution in [1.82, 2.24) is 5.32 Å². The van der Waals surface area contributed by atoms with Crippen LogP contribution < -0.4 is 5.32 Å². The molecule has 0 aliphatic carbocycles. The number of hydrogen-bond acceptors (Lipinski definition) is 3. The van der Waals surface area contributed by atoms with Crippen LogP contribution in [0, 0.1) is 5.82 Å². The normalized spacial score (nSPS) is 24.9. The first-order valence-corrected chi connectivity index (χ1v) is 6.95. The van der Waals surface area contributed by atoms with Crippen molar-refractivity contribution in [3.63, 3.8) is 0 Å². The van der Waals surface area contributed by atoms with Gasteiger partial charge in [-0.25, -0.2) is 4.39 Å². The molecule has 2 fully saturated rings. The molecule has 0 amide bonds. The molecule has 2 nitrogen and oxygen atoms in total. The van der Waals surface area contributed by atoms with Gasteiger partial charge < -0.3 is 10.1 Å². The van der Waals surface area contributed by atoms with Crippen LogP contribution in [0.25, 0.3) is 0 Å². The van der Waals surface area contributed by atoms with Gasteiger partial charge in [0.15, 0.2) is 0 Å². The van der Waals surface area contributed by atoms with Crippen molar-refractivity contribution in [1.29, 1.82) is 0 Å². The molecule has 1 unspecified atom stereocenters. The van der Waals surface area contributed by atoms with Crippen LogP contribution in [0.4, 0.5) is 4.39 Å². The third kappa shape index (κ3) is 2.49. The van der Waals surface area contributed by atoms with E-state index in [9.17, 15) is 4.39 Å². The molecule has 17 heavy (non-hydrogen) atoms. The lowest BCUT2D eigenvalue weighted by atomic mass is 9.98.